The summed E-state index contributed by atoms with van der Waals surface area (Å²) in [6, 6.07) is 0. The molecule has 5 nitrogen and oxygen atoms in total. The number of hydrogen-bond acceptors (Lipinski definition) is 4. The molecule has 0 radical (unpaired) electrons. The Bertz CT molecular complexity index is 196. The highest BCUT2D eigenvalue weighted by Gasteiger charge is 2.30. The number of carbonyl (C=O) groups excluding carboxylic acids is 2. The molecule has 2 amide bonds. The third kappa shape index (κ3) is 1.54. The monoisotopic (exact) mass is 156 g/mol. The summed E-state index contributed by atoms with van der Waals surface area (Å²) in [5.74, 6) is -0.621. The molecule has 0 aromatic heterocycles. The van der Waals surface area contributed by atoms with Crippen LogP contribution in [0.25, 0.3) is 0 Å². The van der Waals surface area contributed by atoms with Gasteiger partial charge in [0.25, 0.3) is 11.8 Å². The first kappa shape index (κ1) is 7.71. The van der Waals surface area contributed by atoms with Crippen molar-refractivity contribution in [1.82, 2.24) is 5.06 Å². The van der Waals surface area contributed by atoms with E-state index in [2.05, 4.69) is 9.83 Å². The van der Waals surface area contributed by atoms with E-state index in [4.69, 9.17) is 0 Å². The molecule has 5 heteroatoms. The van der Waals surface area contributed by atoms with Crippen molar-refractivity contribution in [3.8, 4) is 0 Å². The SMILES string of the molecule is C/N=C\ON1C(=O)CCC1=O. The molecular weight excluding hydrogens is 148 g/mol. The highest BCUT2D eigenvalue weighted by Crippen LogP contribution is 2.10. The molecule has 0 N–H and O–H groups in total. The van der Waals surface area contributed by atoms with Gasteiger partial charge in [-0.2, -0.15) is 0 Å². The predicted molar refractivity (Wildman–Crippen MR) is 36.6 cm³/mol. The van der Waals surface area contributed by atoms with Crippen molar-refractivity contribution in [3.63, 3.8) is 0 Å². The van der Waals surface area contributed by atoms with Gasteiger partial charge in [0.05, 0.1) is 0 Å². The third-order valence-corrected chi connectivity index (χ3v) is 1.26. The maximum absolute atomic E-state index is 10.8. The average Bonchev–Trinajstić information content (AvgIpc) is 2.29. The Morgan fingerprint density at radius 1 is 1.45 bits per heavy atom. The number of carbonyl (C=O) groups is 2. The molecule has 60 valence electrons. The summed E-state index contributed by atoms with van der Waals surface area (Å²) in [4.78, 5) is 29.7. The van der Waals surface area contributed by atoms with Crippen molar-refractivity contribution in [2.24, 2.45) is 4.99 Å². The molecular formula is C6H8N2O3. The minimum atomic E-state index is -0.310. The Morgan fingerprint density at radius 3 is 2.45 bits per heavy atom. The number of hydrogen-bond donors (Lipinski definition) is 0. The molecule has 0 bridgehead atoms. The first-order chi connectivity index (χ1) is 5.25. The lowest BCUT2D eigenvalue weighted by atomic mass is 10.4. The standard InChI is InChI=1S/C6H8N2O3/c1-7-4-11-8-5(9)2-3-6(8)10/h4H,2-3H2,1H3/b7-4-. The van der Waals surface area contributed by atoms with Crippen molar-refractivity contribution in [2.45, 2.75) is 12.8 Å². The van der Waals surface area contributed by atoms with Crippen LogP contribution in [0.2, 0.25) is 0 Å². The fourth-order valence-corrected chi connectivity index (χ4v) is 0.768. The van der Waals surface area contributed by atoms with Crippen LogP contribution in [-0.2, 0) is 14.4 Å². The maximum atomic E-state index is 10.8. The molecule has 1 aliphatic heterocycles. The molecule has 0 aromatic rings. The zero-order chi connectivity index (χ0) is 8.27. The van der Waals surface area contributed by atoms with Crippen LogP contribution in [0.5, 0.6) is 0 Å². The number of aliphatic imine (C=N–C) groups is 1. The second-order valence-electron chi connectivity index (χ2n) is 2.05. The minimum absolute atomic E-state index is 0.233. The highest BCUT2D eigenvalue weighted by atomic mass is 16.7. The fourth-order valence-electron chi connectivity index (χ4n) is 0.768. The molecule has 1 fully saturated rings. The Hall–Kier alpha value is -1.39. The largest absolute Gasteiger partial charge is 0.357 e. The quantitative estimate of drug-likeness (QED) is 0.314. The van der Waals surface area contributed by atoms with Crippen LogP contribution in [0.1, 0.15) is 12.8 Å². The van der Waals surface area contributed by atoms with Crippen LogP contribution in [0.4, 0.5) is 0 Å². The van der Waals surface area contributed by atoms with E-state index in [1.165, 1.54) is 7.05 Å². The van der Waals surface area contributed by atoms with Gasteiger partial charge >= 0.3 is 0 Å². The van der Waals surface area contributed by atoms with E-state index in [0.717, 1.165) is 11.5 Å². The lowest BCUT2D eigenvalue weighted by Crippen LogP contribution is -2.28. The van der Waals surface area contributed by atoms with Crippen LogP contribution in [-0.4, -0.2) is 30.3 Å². The summed E-state index contributed by atoms with van der Waals surface area (Å²) in [7, 11) is 1.49. The summed E-state index contributed by atoms with van der Waals surface area (Å²) < 4.78 is 0. The van der Waals surface area contributed by atoms with Crippen LogP contribution in [0.15, 0.2) is 4.99 Å². The molecule has 0 aromatic carbocycles. The lowest BCUT2D eigenvalue weighted by Gasteiger charge is -2.08. The van der Waals surface area contributed by atoms with Gasteiger partial charge in [0.1, 0.15) is 0 Å². The van der Waals surface area contributed by atoms with Crippen molar-refractivity contribution in [2.75, 3.05) is 7.05 Å². The summed E-state index contributed by atoms with van der Waals surface area (Å²) >= 11 is 0. The average molecular weight is 156 g/mol. The number of amides is 2. The second kappa shape index (κ2) is 3.14. The van der Waals surface area contributed by atoms with Gasteiger partial charge in [-0.25, -0.2) is 0 Å². The van der Waals surface area contributed by atoms with E-state index in [1.54, 1.807) is 0 Å². The normalized spacial score (nSPS) is 18.5. The van der Waals surface area contributed by atoms with E-state index in [1.807, 2.05) is 0 Å². The van der Waals surface area contributed by atoms with E-state index in [-0.39, 0.29) is 24.7 Å². The Kier molecular flexibility index (Phi) is 2.20. The van der Waals surface area contributed by atoms with E-state index < -0.39 is 0 Å². The fraction of sp³-hybridized carbons (Fsp3) is 0.500. The third-order valence-electron chi connectivity index (χ3n) is 1.26. The smallest absolute Gasteiger partial charge is 0.263 e. The molecule has 1 aliphatic rings. The molecule has 0 atom stereocenters. The molecule has 11 heavy (non-hydrogen) atoms. The van der Waals surface area contributed by atoms with Crippen LogP contribution >= 0.6 is 0 Å². The Labute approximate surface area is 63.6 Å². The zero-order valence-electron chi connectivity index (χ0n) is 6.11. The number of imide groups is 1. The second-order valence-corrected chi connectivity index (χ2v) is 2.05. The first-order valence-electron chi connectivity index (χ1n) is 3.19. The van der Waals surface area contributed by atoms with E-state index >= 15 is 0 Å². The molecule has 1 saturated heterocycles. The molecule has 0 spiro atoms. The Balaban J connectivity index is 2.54. The summed E-state index contributed by atoms with van der Waals surface area (Å²) in [5.41, 5.74) is 0. The van der Waals surface area contributed by atoms with Crippen LogP contribution in [0, 0.1) is 0 Å². The zero-order valence-corrected chi connectivity index (χ0v) is 6.11. The summed E-state index contributed by atoms with van der Waals surface area (Å²) in [6.45, 7) is 0. The number of nitrogens with zero attached hydrogens (tertiary/aromatic N) is 2. The van der Waals surface area contributed by atoms with E-state index in [0.29, 0.717) is 0 Å². The van der Waals surface area contributed by atoms with Gasteiger partial charge in [-0.3, -0.25) is 14.6 Å². The summed E-state index contributed by atoms with van der Waals surface area (Å²) in [5, 5.41) is 0.729. The molecule has 1 rings (SSSR count). The van der Waals surface area contributed by atoms with Crippen molar-refractivity contribution in [3.05, 3.63) is 0 Å². The Morgan fingerprint density at radius 2 is 2.00 bits per heavy atom. The molecule has 0 aliphatic carbocycles. The molecule has 1 heterocycles. The predicted octanol–water partition coefficient (Wildman–Crippen LogP) is -0.275. The lowest BCUT2D eigenvalue weighted by molar-refractivity contribution is -0.166. The minimum Gasteiger partial charge on any atom is -0.357 e. The van der Waals surface area contributed by atoms with Crippen LogP contribution < -0.4 is 0 Å². The maximum Gasteiger partial charge on any atom is 0.263 e. The van der Waals surface area contributed by atoms with Gasteiger partial charge < -0.3 is 4.84 Å². The van der Waals surface area contributed by atoms with E-state index in [9.17, 15) is 9.59 Å². The summed E-state index contributed by atoms with van der Waals surface area (Å²) in [6.07, 6.45) is 1.52. The number of rotatable bonds is 2. The van der Waals surface area contributed by atoms with Gasteiger partial charge in [-0.05, 0) is 0 Å². The van der Waals surface area contributed by atoms with Gasteiger partial charge in [0.2, 0.25) is 6.40 Å². The van der Waals surface area contributed by atoms with Gasteiger partial charge in [-0.15, -0.1) is 5.06 Å². The highest BCUT2D eigenvalue weighted by molar-refractivity contribution is 6.01. The first-order valence-corrected chi connectivity index (χ1v) is 3.19. The number of hydroxylamine groups is 2. The van der Waals surface area contributed by atoms with Crippen molar-refractivity contribution in [1.29, 1.82) is 0 Å². The molecule has 0 unspecified atom stereocenters. The van der Waals surface area contributed by atoms with Gasteiger partial charge in [0.15, 0.2) is 0 Å². The topological polar surface area (TPSA) is 59.0 Å². The van der Waals surface area contributed by atoms with Crippen molar-refractivity contribution < 1.29 is 14.4 Å². The van der Waals surface area contributed by atoms with Crippen molar-refractivity contribution >= 4 is 18.2 Å². The molecule has 0 saturated carbocycles. The van der Waals surface area contributed by atoms with Gasteiger partial charge in [0, 0.05) is 19.9 Å². The van der Waals surface area contributed by atoms with Gasteiger partial charge in [-0.1, -0.05) is 0 Å². The van der Waals surface area contributed by atoms with Crippen LogP contribution in [0.3, 0.4) is 0 Å².